The molecule has 1 saturated heterocycles. The number of aromatic nitrogens is 2. The molecule has 0 bridgehead atoms. The Hall–Kier alpha value is -2.71. The summed E-state index contributed by atoms with van der Waals surface area (Å²) in [4.78, 5) is 23.2. The van der Waals surface area contributed by atoms with Crippen LogP contribution in [0.2, 0.25) is 0 Å². The Balaban J connectivity index is 1.59. The smallest absolute Gasteiger partial charge is 0.274 e. The summed E-state index contributed by atoms with van der Waals surface area (Å²) >= 11 is 0. The average molecular weight is 371 g/mol. The molecule has 8 heteroatoms. The number of hydrogen-bond donors (Lipinski definition) is 2. The number of nitrogens with zero attached hydrogens (tertiary/aromatic N) is 3. The van der Waals surface area contributed by atoms with Gasteiger partial charge >= 0.3 is 0 Å². The van der Waals surface area contributed by atoms with Crippen molar-refractivity contribution in [2.24, 2.45) is 0 Å². The maximum Gasteiger partial charge on any atom is 0.274 e. The Morgan fingerprint density at radius 2 is 2.07 bits per heavy atom. The van der Waals surface area contributed by atoms with Crippen molar-refractivity contribution in [1.29, 1.82) is 0 Å². The van der Waals surface area contributed by atoms with Gasteiger partial charge in [-0.3, -0.25) is 9.69 Å². The topological polar surface area (TPSA) is 88.6 Å². The monoisotopic (exact) mass is 371 g/mol. The third-order valence-corrected chi connectivity index (χ3v) is 4.34. The molecule has 2 heterocycles. The molecule has 1 aromatic carbocycles. The summed E-state index contributed by atoms with van der Waals surface area (Å²) in [5.74, 6) is 0.920. The van der Waals surface area contributed by atoms with Gasteiger partial charge in [-0.2, -0.15) is 0 Å². The van der Waals surface area contributed by atoms with E-state index >= 15 is 0 Å². The molecule has 144 valence electrons. The van der Waals surface area contributed by atoms with Gasteiger partial charge in [0.1, 0.15) is 23.6 Å². The Labute approximate surface area is 158 Å². The fraction of sp³-hybridized carbons (Fsp3) is 0.421. The highest BCUT2D eigenvalue weighted by atomic mass is 16.5. The number of ether oxygens (including phenoxy) is 2. The lowest BCUT2D eigenvalue weighted by atomic mass is 10.2. The van der Waals surface area contributed by atoms with Crippen LogP contribution < -0.4 is 15.4 Å². The molecule has 0 aliphatic carbocycles. The highest BCUT2D eigenvalue weighted by Crippen LogP contribution is 2.25. The van der Waals surface area contributed by atoms with Crippen LogP contribution in [0.3, 0.4) is 0 Å². The summed E-state index contributed by atoms with van der Waals surface area (Å²) in [6.07, 6.45) is 1.39. The number of hydrogen-bond acceptors (Lipinski definition) is 7. The molecular weight excluding hydrogens is 346 g/mol. The first kappa shape index (κ1) is 19.1. The maximum atomic E-state index is 12.6. The number of carbonyl (C=O) groups is 1. The van der Waals surface area contributed by atoms with E-state index in [9.17, 15) is 4.79 Å². The summed E-state index contributed by atoms with van der Waals surface area (Å²) in [7, 11) is 1.57. The lowest BCUT2D eigenvalue weighted by molar-refractivity contribution is 0.0398. The van der Waals surface area contributed by atoms with Crippen LogP contribution in [0.15, 0.2) is 30.6 Å². The summed E-state index contributed by atoms with van der Waals surface area (Å²) < 4.78 is 10.6. The minimum absolute atomic E-state index is 0.294. The number of amides is 1. The van der Waals surface area contributed by atoms with Crippen LogP contribution in [0.5, 0.6) is 5.75 Å². The minimum Gasteiger partial charge on any atom is -0.495 e. The van der Waals surface area contributed by atoms with Crippen LogP contribution >= 0.6 is 0 Å². The van der Waals surface area contributed by atoms with E-state index in [2.05, 4.69) is 25.5 Å². The summed E-state index contributed by atoms with van der Waals surface area (Å²) in [5.41, 5.74) is 1.93. The zero-order chi connectivity index (χ0) is 19.1. The number of nitrogens with one attached hydrogen (secondary N) is 2. The van der Waals surface area contributed by atoms with Crippen LogP contribution in [0.25, 0.3) is 0 Å². The van der Waals surface area contributed by atoms with E-state index in [4.69, 9.17) is 9.47 Å². The number of carbonyl (C=O) groups excluding carboxylic acids is 1. The van der Waals surface area contributed by atoms with Gasteiger partial charge in [-0.05, 0) is 24.6 Å². The van der Waals surface area contributed by atoms with Gasteiger partial charge in [0.15, 0.2) is 0 Å². The van der Waals surface area contributed by atoms with Crippen molar-refractivity contribution < 1.29 is 14.3 Å². The molecule has 1 aliphatic rings. The molecule has 0 saturated carbocycles. The van der Waals surface area contributed by atoms with E-state index in [0.29, 0.717) is 22.9 Å². The van der Waals surface area contributed by atoms with Gasteiger partial charge in [-0.25, -0.2) is 9.97 Å². The number of rotatable bonds is 7. The largest absolute Gasteiger partial charge is 0.495 e. The van der Waals surface area contributed by atoms with E-state index < -0.39 is 0 Å². The predicted octanol–water partition coefficient (Wildman–Crippen LogP) is 1.79. The third-order valence-electron chi connectivity index (χ3n) is 4.34. The second-order valence-electron chi connectivity index (χ2n) is 6.33. The van der Waals surface area contributed by atoms with Gasteiger partial charge in [0.2, 0.25) is 0 Å². The molecule has 0 spiro atoms. The van der Waals surface area contributed by atoms with Gasteiger partial charge in [-0.15, -0.1) is 0 Å². The number of anilines is 2. The molecule has 1 aliphatic heterocycles. The number of methoxy groups -OCH3 is 1. The van der Waals surface area contributed by atoms with Gasteiger partial charge in [0.25, 0.3) is 5.91 Å². The number of aryl methyl sites for hydroxylation is 1. The Kier molecular flexibility index (Phi) is 6.56. The van der Waals surface area contributed by atoms with E-state index in [1.165, 1.54) is 6.33 Å². The molecule has 8 nitrogen and oxygen atoms in total. The first-order valence-corrected chi connectivity index (χ1v) is 8.98. The van der Waals surface area contributed by atoms with Gasteiger partial charge in [0.05, 0.1) is 26.0 Å². The van der Waals surface area contributed by atoms with Crippen molar-refractivity contribution in [2.75, 3.05) is 57.1 Å². The normalized spacial score (nSPS) is 14.6. The van der Waals surface area contributed by atoms with Crippen LogP contribution in [0.4, 0.5) is 11.5 Å². The molecule has 27 heavy (non-hydrogen) atoms. The fourth-order valence-electron chi connectivity index (χ4n) is 2.85. The van der Waals surface area contributed by atoms with E-state index in [1.807, 2.05) is 25.1 Å². The molecule has 0 unspecified atom stereocenters. The maximum absolute atomic E-state index is 12.6. The summed E-state index contributed by atoms with van der Waals surface area (Å²) in [6, 6.07) is 7.26. The Bertz CT molecular complexity index is 778. The molecule has 0 radical (unpaired) electrons. The second-order valence-corrected chi connectivity index (χ2v) is 6.33. The van der Waals surface area contributed by atoms with Crippen molar-refractivity contribution in [3.63, 3.8) is 0 Å². The van der Waals surface area contributed by atoms with Gasteiger partial charge in [0, 0.05) is 32.2 Å². The van der Waals surface area contributed by atoms with Crippen LogP contribution in [-0.2, 0) is 4.74 Å². The molecule has 1 amide bonds. The quantitative estimate of drug-likeness (QED) is 0.767. The van der Waals surface area contributed by atoms with Gasteiger partial charge < -0.3 is 20.1 Å². The van der Waals surface area contributed by atoms with Crippen molar-refractivity contribution in [3.05, 3.63) is 41.9 Å². The first-order chi connectivity index (χ1) is 13.2. The highest BCUT2D eigenvalue weighted by Gasteiger charge is 2.13. The van der Waals surface area contributed by atoms with Gasteiger partial charge in [-0.1, -0.05) is 6.07 Å². The molecular formula is C19H25N5O3. The standard InChI is InChI=1S/C19H25N5O3/c1-14-3-4-17(26-2)15(11-14)23-19(25)16-12-18(22-13-21-16)20-5-6-24-7-9-27-10-8-24/h3-4,11-13H,5-10H2,1-2H3,(H,23,25)(H,20,21,22). The second kappa shape index (κ2) is 9.29. The van der Waals surface area contributed by atoms with E-state index in [0.717, 1.165) is 45.0 Å². The summed E-state index contributed by atoms with van der Waals surface area (Å²) in [6.45, 7) is 7.03. The lowest BCUT2D eigenvalue weighted by Crippen LogP contribution is -2.39. The Morgan fingerprint density at radius 1 is 1.26 bits per heavy atom. The number of morpholine rings is 1. The highest BCUT2D eigenvalue weighted by molar-refractivity contribution is 6.04. The average Bonchev–Trinajstić information content (AvgIpc) is 2.69. The Morgan fingerprint density at radius 3 is 2.85 bits per heavy atom. The minimum atomic E-state index is -0.308. The van der Waals surface area contributed by atoms with Crippen molar-refractivity contribution in [2.45, 2.75) is 6.92 Å². The van der Waals surface area contributed by atoms with Crippen LogP contribution in [0, 0.1) is 6.92 Å². The zero-order valence-corrected chi connectivity index (χ0v) is 15.7. The first-order valence-electron chi connectivity index (χ1n) is 8.98. The molecule has 3 rings (SSSR count). The number of benzene rings is 1. The lowest BCUT2D eigenvalue weighted by Gasteiger charge is -2.26. The fourth-order valence-corrected chi connectivity index (χ4v) is 2.85. The van der Waals surface area contributed by atoms with Crippen LogP contribution in [-0.4, -0.2) is 67.3 Å². The summed E-state index contributed by atoms with van der Waals surface area (Å²) in [5, 5.41) is 6.09. The third kappa shape index (κ3) is 5.38. The SMILES string of the molecule is COc1ccc(C)cc1NC(=O)c1cc(NCCN2CCOCC2)ncn1. The molecule has 1 fully saturated rings. The van der Waals surface area contributed by atoms with Crippen LogP contribution in [0.1, 0.15) is 16.1 Å². The van der Waals surface area contributed by atoms with E-state index in [1.54, 1.807) is 13.2 Å². The van der Waals surface area contributed by atoms with Crippen molar-refractivity contribution >= 4 is 17.4 Å². The molecule has 2 aromatic rings. The zero-order valence-electron chi connectivity index (χ0n) is 15.7. The van der Waals surface area contributed by atoms with E-state index in [-0.39, 0.29) is 5.91 Å². The van der Waals surface area contributed by atoms with Crippen molar-refractivity contribution in [1.82, 2.24) is 14.9 Å². The molecule has 1 aromatic heterocycles. The predicted molar refractivity (Wildman–Crippen MR) is 103 cm³/mol. The molecule has 2 N–H and O–H groups in total. The molecule has 0 atom stereocenters. The van der Waals surface area contributed by atoms with Crippen molar-refractivity contribution in [3.8, 4) is 5.75 Å².